The average Bonchev–Trinajstić information content (AvgIpc) is 2.30. The molecule has 1 atom stereocenters. The van der Waals surface area contributed by atoms with Gasteiger partial charge in [0.15, 0.2) is 0 Å². The number of pyridine rings is 1. The highest BCUT2D eigenvalue weighted by Gasteiger charge is 2.22. The van der Waals surface area contributed by atoms with Gasteiger partial charge in [0.1, 0.15) is 0 Å². The zero-order valence-corrected chi connectivity index (χ0v) is 10.5. The standard InChI is InChI=1S/C12H18ClN3O/c13-10-6-15-7-11(14)12(10)16-4-1-2-9(8-16)3-5-17/h6-7,9,17H,1-5,8,14H2. The van der Waals surface area contributed by atoms with E-state index in [1.807, 2.05) is 0 Å². The highest BCUT2D eigenvalue weighted by molar-refractivity contribution is 6.33. The van der Waals surface area contributed by atoms with E-state index in [1.165, 1.54) is 6.42 Å². The van der Waals surface area contributed by atoms with Crippen LogP contribution < -0.4 is 10.6 Å². The second-order valence-corrected chi connectivity index (χ2v) is 4.93. The van der Waals surface area contributed by atoms with Crippen molar-refractivity contribution in [1.29, 1.82) is 0 Å². The molecule has 0 spiro atoms. The average molecular weight is 256 g/mol. The first-order valence-corrected chi connectivity index (χ1v) is 6.35. The molecule has 1 aromatic rings. The van der Waals surface area contributed by atoms with Crippen molar-refractivity contribution < 1.29 is 5.11 Å². The highest BCUT2D eigenvalue weighted by Crippen LogP contribution is 2.34. The van der Waals surface area contributed by atoms with Crippen LogP contribution in [-0.4, -0.2) is 29.8 Å². The molecule has 94 valence electrons. The fourth-order valence-electron chi connectivity index (χ4n) is 2.46. The number of halogens is 1. The van der Waals surface area contributed by atoms with Gasteiger partial charge in [-0.05, 0) is 25.2 Å². The third kappa shape index (κ3) is 2.82. The van der Waals surface area contributed by atoms with Gasteiger partial charge in [0.25, 0.3) is 0 Å². The Kier molecular flexibility index (Phi) is 4.07. The number of nitrogen functional groups attached to an aromatic ring is 1. The molecular formula is C12H18ClN3O. The topological polar surface area (TPSA) is 62.4 Å². The Morgan fingerprint density at radius 2 is 2.35 bits per heavy atom. The van der Waals surface area contributed by atoms with Crippen molar-refractivity contribution in [3.05, 3.63) is 17.4 Å². The van der Waals surface area contributed by atoms with Crippen molar-refractivity contribution in [3.8, 4) is 0 Å². The zero-order valence-electron chi connectivity index (χ0n) is 9.77. The molecule has 3 N–H and O–H groups in total. The smallest absolute Gasteiger partial charge is 0.0843 e. The third-order valence-electron chi connectivity index (χ3n) is 3.27. The molecule has 17 heavy (non-hydrogen) atoms. The largest absolute Gasteiger partial charge is 0.396 e. The number of aliphatic hydroxyl groups excluding tert-OH is 1. The fraction of sp³-hybridized carbons (Fsp3) is 0.583. The van der Waals surface area contributed by atoms with Gasteiger partial charge in [-0.1, -0.05) is 11.6 Å². The number of nitrogens with zero attached hydrogens (tertiary/aromatic N) is 2. The lowest BCUT2D eigenvalue weighted by molar-refractivity contribution is 0.244. The van der Waals surface area contributed by atoms with Crippen LogP contribution in [0.15, 0.2) is 12.4 Å². The van der Waals surface area contributed by atoms with Gasteiger partial charge < -0.3 is 15.7 Å². The van der Waals surface area contributed by atoms with E-state index in [1.54, 1.807) is 12.4 Å². The number of aromatic nitrogens is 1. The van der Waals surface area contributed by atoms with Crippen molar-refractivity contribution in [2.75, 3.05) is 30.3 Å². The molecule has 5 heteroatoms. The Morgan fingerprint density at radius 3 is 3.06 bits per heavy atom. The summed E-state index contributed by atoms with van der Waals surface area (Å²) >= 11 is 6.15. The molecule has 2 rings (SSSR count). The Balaban J connectivity index is 2.16. The number of anilines is 2. The van der Waals surface area contributed by atoms with Crippen molar-refractivity contribution in [3.63, 3.8) is 0 Å². The predicted molar refractivity (Wildman–Crippen MR) is 70.3 cm³/mol. The summed E-state index contributed by atoms with van der Waals surface area (Å²) in [6.07, 6.45) is 6.39. The minimum atomic E-state index is 0.248. The lowest BCUT2D eigenvalue weighted by Crippen LogP contribution is -2.36. The van der Waals surface area contributed by atoms with Crippen LogP contribution in [-0.2, 0) is 0 Å². The summed E-state index contributed by atoms with van der Waals surface area (Å²) in [5.74, 6) is 0.525. The lowest BCUT2D eigenvalue weighted by atomic mass is 9.95. The zero-order chi connectivity index (χ0) is 12.3. The molecule has 0 saturated carbocycles. The maximum atomic E-state index is 9.01. The molecule has 0 bridgehead atoms. The molecule has 0 aromatic carbocycles. The van der Waals surface area contributed by atoms with E-state index in [9.17, 15) is 0 Å². The summed E-state index contributed by atoms with van der Waals surface area (Å²) in [6, 6.07) is 0. The summed E-state index contributed by atoms with van der Waals surface area (Å²) in [7, 11) is 0. The fourth-order valence-corrected chi connectivity index (χ4v) is 2.75. The van der Waals surface area contributed by atoms with Crippen molar-refractivity contribution in [2.45, 2.75) is 19.3 Å². The van der Waals surface area contributed by atoms with E-state index in [4.69, 9.17) is 22.4 Å². The molecule has 1 aromatic heterocycles. The molecule has 4 nitrogen and oxygen atoms in total. The van der Waals surface area contributed by atoms with Gasteiger partial charge in [0, 0.05) is 25.9 Å². The van der Waals surface area contributed by atoms with Crippen LogP contribution in [0.2, 0.25) is 5.02 Å². The van der Waals surface area contributed by atoms with Gasteiger partial charge in [0.05, 0.1) is 22.6 Å². The van der Waals surface area contributed by atoms with Gasteiger partial charge in [-0.25, -0.2) is 0 Å². The van der Waals surface area contributed by atoms with E-state index in [0.717, 1.165) is 31.6 Å². The van der Waals surface area contributed by atoms with Gasteiger partial charge in [-0.2, -0.15) is 0 Å². The van der Waals surface area contributed by atoms with Crippen LogP contribution in [0.1, 0.15) is 19.3 Å². The van der Waals surface area contributed by atoms with Crippen molar-refractivity contribution in [2.24, 2.45) is 5.92 Å². The van der Waals surface area contributed by atoms with E-state index in [0.29, 0.717) is 16.6 Å². The van der Waals surface area contributed by atoms with Crippen molar-refractivity contribution >= 4 is 23.0 Å². The van der Waals surface area contributed by atoms with Gasteiger partial charge in [-0.15, -0.1) is 0 Å². The number of rotatable bonds is 3. The maximum absolute atomic E-state index is 9.01. The summed E-state index contributed by atoms with van der Waals surface area (Å²) in [6.45, 7) is 2.13. The summed E-state index contributed by atoms with van der Waals surface area (Å²) in [4.78, 5) is 6.18. The molecule has 0 radical (unpaired) electrons. The van der Waals surface area contributed by atoms with Crippen LogP contribution >= 0.6 is 11.6 Å². The number of hydrogen-bond acceptors (Lipinski definition) is 4. The van der Waals surface area contributed by atoms with E-state index in [2.05, 4.69) is 9.88 Å². The number of nitrogens with two attached hydrogens (primary N) is 1. The first kappa shape index (κ1) is 12.5. The second kappa shape index (κ2) is 5.56. The monoisotopic (exact) mass is 255 g/mol. The molecule has 1 fully saturated rings. The Bertz CT molecular complexity index is 364. The minimum absolute atomic E-state index is 0.248. The van der Waals surface area contributed by atoms with Gasteiger partial charge >= 0.3 is 0 Å². The van der Waals surface area contributed by atoms with Gasteiger partial charge in [0.2, 0.25) is 0 Å². The van der Waals surface area contributed by atoms with E-state index in [-0.39, 0.29) is 6.61 Å². The molecule has 0 amide bonds. The summed E-state index contributed by atoms with van der Waals surface area (Å²) in [5.41, 5.74) is 7.45. The summed E-state index contributed by atoms with van der Waals surface area (Å²) in [5, 5.41) is 9.61. The van der Waals surface area contributed by atoms with E-state index >= 15 is 0 Å². The molecule has 1 saturated heterocycles. The molecule has 1 unspecified atom stereocenters. The van der Waals surface area contributed by atoms with Crippen LogP contribution in [0.25, 0.3) is 0 Å². The molecule has 0 aliphatic carbocycles. The van der Waals surface area contributed by atoms with Gasteiger partial charge in [-0.3, -0.25) is 4.98 Å². The SMILES string of the molecule is Nc1cncc(Cl)c1N1CCCC(CCO)C1. The quantitative estimate of drug-likeness (QED) is 0.866. The summed E-state index contributed by atoms with van der Waals surface area (Å²) < 4.78 is 0. The predicted octanol–water partition coefficient (Wildman–Crippen LogP) is 1.92. The second-order valence-electron chi connectivity index (χ2n) is 4.53. The minimum Gasteiger partial charge on any atom is -0.396 e. The Morgan fingerprint density at radius 1 is 1.53 bits per heavy atom. The number of hydrogen-bond donors (Lipinski definition) is 2. The Labute approximate surface area is 106 Å². The lowest BCUT2D eigenvalue weighted by Gasteiger charge is -2.35. The first-order valence-electron chi connectivity index (χ1n) is 5.97. The highest BCUT2D eigenvalue weighted by atomic mass is 35.5. The molecule has 2 heterocycles. The molecule has 1 aliphatic rings. The van der Waals surface area contributed by atoms with Crippen molar-refractivity contribution in [1.82, 2.24) is 4.98 Å². The molecule has 1 aliphatic heterocycles. The van der Waals surface area contributed by atoms with Crippen LogP contribution in [0.5, 0.6) is 0 Å². The maximum Gasteiger partial charge on any atom is 0.0843 e. The number of piperidine rings is 1. The Hall–Kier alpha value is -1.00. The molecular weight excluding hydrogens is 238 g/mol. The van der Waals surface area contributed by atoms with Crippen LogP contribution in [0, 0.1) is 5.92 Å². The number of aliphatic hydroxyl groups is 1. The van der Waals surface area contributed by atoms with E-state index < -0.39 is 0 Å². The third-order valence-corrected chi connectivity index (χ3v) is 3.55. The van der Waals surface area contributed by atoms with Crippen LogP contribution in [0.4, 0.5) is 11.4 Å². The first-order chi connectivity index (χ1) is 8.22. The van der Waals surface area contributed by atoms with Crippen LogP contribution in [0.3, 0.4) is 0 Å². The normalized spacial score (nSPS) is 20.6.